The van der Waals surface area contributed by atoms with E-state index in [0.29, 0.717) is 19.6 Å². The minimum absolute atomic E-state index is 0.00230. The number of hydrogen-bond acceptors (Lipinski definition) is 3. The molecule has 23 heavy (non-hydrogen) atoms. The summed E-state index contributed by atoms with van der Waals surface area (Å²) in [5.41, 5.74) is 0.272. The number of sulfonamides is 1. The second kappa shape index (κ2) is 5.91. The Balaban J connectivity index is 1.80. The number of carbonyl (C=O) groups excluding carboxylic acids is 1. The molecule has 0 bridgehead atoms. The maximum atomic E-state index is 12.7. The van der Waals surface area contributed by atoms with E-state index in [1.54, 1.807) is 0 Å². The van der Waals surface area contributed by atoms with Crippen LogP contribution < -0.4 is 0 Å². The molecule has 2 atom stereocenters. The van der Waals surface area contributed by atoms with Gasteiger partial charge in [0.2, 0.25) is 15.9 Å². The molecule has 2 fully saturated rings. The molecule has 5 nitrogen and oxygen atoms in total. The molecule has 2 aliphatic heterocycles. The molecule has 0 aliphatic carbocycles. The van der Waals surface area contributed by atoms with Crippen molar-refractivity contribution in [3.63, 3.8) is 0 Å². The van der Waals surface area contributed by atoms with Crippen LogP contribution in [0.4, 0.5) is 0 Å². The highest BCUT2D eigenvalue weighted by molar-refractivity contribution is 7.88. The standard InChI is InChI=1S/C17H24N2O3S/c1-3-18-10-9-17(16(18)20)13-19(11-14(17)2)23(21,22)12-15-7-5-4-6-8-15/h4-8,14H,3,9-13H2,1-2H3/t14-,17?/m1/s1. The second-order valence-corrected chi connectivity index (χ2v) is 8.70. The van der Waals surface area contributed by atoms with Gasteiger partial charge in [0.25, 0.3) is 0 Å². The summed E-state index contributed by atoms with van der Waals surface area (Å²) in [6.45, 7) is 6.20. The molecule has 0 radical (unpaired) electrons. The highest BCUT2D eigenvalue weighted by atomic mass is 32.2. The predicted octanol–water partition coefficient (Wildman–Crippen LogP) is 1.71. The van der Waals surface area contributed by atoms with Gasteiger partial charge in [-0.1, -0.05) is 37.3 Å². The molecule has 0 N–H and O–H groups in total. The van der Waals surface area contributed by atoms with Gasteiger partial charge in [0.15, 0.2) is 0 Å². The second-order valence-electron chi connectivity index (χ2n) is 6.73. The number of carbonyl (C=O) groups is 1. The van der Waals surface area contributed by atoms with Crippen LogP contribution in [0.2, 0.25) is 0 Å². The molecule has 1 spiro atoms. The van der Waals surface area contributed by atoms with Crippen LogP contribution in [0.15, 0.2) is 30.3 Å². The first-order chi connectivity index (χ1) is 10.9. The Labute approximate surface area is 138 Å². The van der Waals surface area contributed by atoms with Gasteiger partial charge in [-0.15, -0.1) is 0 Å². The normalized spacial score (nSPS) is 28.9. The number of hydrogen-bond donors (Lipinski definition) is 0. The summed E-state index contributed by atoms with van der Waals surface area (Å²) in [6, 6.07) is 9.22. The summed E-state index contributed by atoms with van der Waals surface area (Å²) in [4.78, 5) is 14.6. The van der Waals surface area contributed by atoms with Gasteiger partial charge in [0.05, 0.1) is 11.2 Å². The van der Waals surface area contributed by atoms with Gasteiger partial charge in [-0.2, -0.15) is 0 Å². The van der Waals surface area contributed by atoms with Gasteiger partial charge in [-0.05, 0) is 24.8 Å². The average molecular weight is 336 g/mol. The van der Waals surface area contributed by atoms with E-state index in [1.807, 2.05) is 49.1 Å². The Kier molecular flexibility index (Phi) is 4.23. The Bertz CT molecular complexity index is 689. The molecule has 1 aromatic rings. The molecule has 1 unspecified atom stereocenters. The molecule has 2 heterocycles. The van der Waals surface area contributed by atoms with E-state index in [9.17, 15) is 13.2 Å². The Hall–Kier alpha value is -1.40. The number of nitrogens with zero attached hydrogens (tertiary/aromatic N) is 2. The molecule has 0 aromatic heterocycles. The smallest absolute Gasteiger partial charge is 0.230 e. The topological polar surface area (TPSA) is 57.7 Å². The van der Waals surface area contributed by atoms with Crippen molar-refractivity contribution >= 4 is 15.9 Å². The third-order valence-corrected chi connectivity index (χ3v) is 7.15. The summed E-state index contributed by atoms with van der Waals surface area (Å²) in [7, 11) is -3.39. The van der Waals surface area contributed by atoms with E-state index in [2.05, 4.69) is 0 Å². The molecule has 0 saturated carbocycles. The lowest BCUT2D eigenvalue weighted by atomic mass is 9.78. The predicted molar refractivity (Wildman–Crippen MR) is 89.1 cm³/mol. The van der Waals surface area contributed by atoms with Crippen LogP contribution in [-0.2, 0) is 20.6 Å². The molecule has 2 aliphatic rings. The monoisotopic (exact) mass is 336 g/mol. The quantitative estimate of drug-likeness (QED) is 0.841. The van der Waals surface area contributed by atoms with E-state index in [4.69, 9.17) is 0 Å². The fourth-order valence-corrected chi connectivity index (χ4v) is 5.54. The number of benzene rings is 1. The molecule has 2 saturated heterocycles. The zero-order chi connectivity index (χ0) is 16.7. The van der Waals surface area contributed by atoms with Crippen molar-refractivity contribution < 1.29 is 13.2 Å². The summed E-state index contributed by atoms with van der Waals surface area (Å²) < 4.78 is 27.0. The van der Waals surface area contributed by atoms with E-state index in [-0.39, 0.29) is 17.6 Å². The maximum Gasteiger partial charge on any atom is 0.230 e. The Morgan fingerprint density at radius 3 is 2.57 bits per heavy atom. The fourth-order valence-electron chi connectivity index (χ4n) is 3.87. The highest BCUT2D eigenvalue weighted by Crippen LogP contribution is 2.45. The van der Waals surface area contributed by atoms with Gasteiger partial charge in [0, 0.05) is 26.2 Å². The van der Waals surface area contributed by atoms with Crippen molar-refractivity contribution in [1.29, 1.82) is 0 Å². The summed E-state index contributed by atoms with van der Waals surface area (Å²) in [5.74, 6) is 0.199. The highest BCUT2D eigenvalue weighted by Gasteiger charge is 2.56. The van der Waals surface area contributed by atoms with Crippen LogP contribution in [0.25, 0.3) is 0 Å². The van der Waals surface area contributed by atoms with Crippen molar-refractivity contribution in [3.05, 3.63) is 35.9 Å². The molecule has 6 heteroatoms. The first kappa shape index (κ1) is 16.5. The van der Waals surface area contributed by atoms with Crippen LogP contribution in [0.1, 0.15) is 25.8 Å². The number of likely N-dealkylation sites (tertiary alicyclic amines) is 1. The Morgan fingerprint density at radius 2 is 1.96 bits per heavy atom. The van der Waals surface area contributed by atoms with Gasteiger partial charge in [-0.25, -0.2) is 12.7 Å². The number of rotatable bonds is 4. The largest absolute Gasteiger partial charge is 0.342 e. The first-order valence-electron chi connectivity index (χ1n) is 8.20. The molecular weight excluding hydrogens is 312 g/mol. The Morgan fingerprint density at radius 1 is 1.26 bits per heavy atom. The average Bonchev–Trinajstić information content (AvgIpc) is 3.03. The minimum Gasteiger partial charge on any atom is -0.342 e. The zero-order valence-corrected chi connectivity index (χ0v) is 14.6. The van der Waals surface area contributed by atoms with Gasteiger partial charge >= 0.3 is 0 Å². The molecular formula is C17H24N2O3S. The van der Waals surface area contributed by atoms with E-state index in [0.717, 1.165) is 18.5 Å². The van der Waals surface area contributed by atoms with Crippen molar-refractivity contribution in [1.82, 2.24) is 9.21 Å². The summed E-state index contributed by atoms with van der Waals surface area (Å²) in [6.07, 6.45) is 0.762. The van der Waals surface area contributed by atoms with E-state index >= 15 is 0 Å². The van der Waals surface area contributed by atoms with Crippen LogP contribution in [0.3, 0.4) is 0 Å². The first-order valence-corrected chi connectivity index (χ1v) is 9.81. The maximum absolute atomic E-state index is 12.7. The van der Waals surface area contributed by atoms with E-state index in [1.165, 1.54) is 4.31 Å². The van der Waals surface area contributed by atoms with Crippen LogP contribution in [0.5, 0.6) is 0 Å². The van der Waals surface area contributed by atoms with Crippen LogP contribution in [-0.4, -0.2) is 49.7 Å². The van der Waals surface area contributed by atoms with Crippen LogP contribution in [0, 0.1) is 11.3 Å². The number of amides is 1. The minimum atomic E-state index is -3.39. The SMILES string of the molecule is CCN1CCC2(CN(S(=O)(=O)Cc3ccccc3)C[C@H]2C)C1=O. The molecule has 1 aromatic carbocycles. The van der Waals surface area contributed by atoms with Crippen molar-refractivity contribution in [2.45, 2.75) is 26.0 Å². The third-order valence-electron chi connectivity index (χ3n) is 5.39. The van der Waals surface area contributed by atoms with Crippen molar-refractivity contribution in [3.8, 4) is 0 Å². The fraction of sp³-hybridized carbons (Fsp3) is 0.588. The summed E-state index contributed by atoms with van der Waals surface area (Å²) >= 11 is 0. The van der Waals surface area contributed by atoms with Gasteiger partial charge < -0.3 is 4.90 Å². The molecule has 126 valence electrons. The lowest BCUT2D eigenvalue weighted by molar-refractivity contribution is -0.136. The molecule has 1 amide bonds. The van der Waals surface area contributed by atoms with Gasteiger partial charge in [0.1, 0.15) is 0 Å². The van der Waals surface area contributed by atoms with Crippen molar-refractivity contribution in [2.24, 2.45) is 11.3 Å². The van der Waals surface area contributed by atoms with E-state index < -0.39 is 15.4 Å². The van der Waals surface area contributed by atoms with Gasteiger partial charge in [-0.3, -0.25) is 4.79 Å². The summed E-state index contributed by atoms with van der Waals surface area (Å²) in [5, 5.41) is 0. The molecule has 3 rings (SSSR count). The third kappa shape index (κ3) is 2.78. The lowest BCUT2D eigenvalue weighted by Gasteiger charge is -2.26. The lowest BCUT2D eigenvalue weighted by Crippen LogP contribution is -2.40. The zero-order valence-electron chi connectivity index (χ0n) is 13.7. The van der Waals surface area contributed by atoms with Crippen LogP contribution >= 0.6 is 0 Å². The van der Waals surface area contributed by atoms with Crippen molar-refractivity contribution in [2.75, 3.05) is 26.2 Å².